The van der Waals surface area contributed by atoms with Gasteiger partial charge in [-0.05, 0) is 47.2 Å². The maximum atomic E-state index is 13.0. The second kappa shape index (κ2) is 9.17. The van der Waals surface area contributed by atoms with Crippen LogP contribution in [-0.2, 0) is 11.2 Å². The van der Waals surface area contributed by atoms with Gasteiger partial charge in [-0.15, -0.1) is 0 Å². The number of benzene rings is 2. The Morgan fingerprint density at radius 1 is 1.07 bits per heavy atom. The molecular formula is C23H26O4. The van der Waals surface area contributed by atoms with Crippen LogP contribution in [0.15, 0.2) is 48.5 Å². The number of carbonyl (C=O) groups excluding carboxylic acids is 1. The van der Waals surface area contributed by atoms with E-state index in [2.05, 4.69) is 26.0 Å². The van der Waals surface area contributed by atoms with Crippen LogP contribution >= 0.6 is 0 Å². The van der Waals surface area contributed by atoms with Crippen LogP contribution in [0.5, 0.6) is 5.75 Å². The van der Waals surface area contributed by atoms with Gasteiger partial charge in [0.25, 0.3) is 0 Å². The fourth-order valence-electron chi connectivity index (χ4n) is 2.98. The highest BCUT2D eigenvalue weighted by atomic mass is 16.5. The molecule has 0 saturated carbocycles. The van der Waals surface area contributed by atoms with Gasteiger partial charge in [0.15, 0.2) is 5.78 Å². The lowest BCUT2D eigenvalue weighted by Gasteiger charge is -2.15. The molecule has 0 fully saturated rings. The highest BCUT2D eigenvalue weighted by molar-refractivity contribution is 6.03. The Labute approximate surface area is 160 Å². The number of carboxylic acids is 1. The van der Waals surface area contributed by atoms with Gasteiger partial charge in [-0.2, -0.15) is 0 Å². The minimum atomic E-state index is -1.02. The first-order valence-electron chi connectivity index (χ1n) is 9.04. The van der Waals surface area contributed by atoms with Crippen LogP contribution in [0.4, 0.5) is 0 Å². The van der Waals surface area contributed by atoms with Gasteiger partial charge >= 0.3 is 5.97 Å². The SMILES string of the molecule is COc1cc(/C=C/C(=O)O)ccc1C(=O)C(C)c1ccc(CC(C)C)cc1. The largest absolute Gasteiger partial charge is 0.496 e. The molecule has 27 heavy (non-hydrogen) atoms. The van der Waals surface area contributed by atoms with E-state index < -0.39 is 5.97 Å². The monoisotopic (exact) mass is 366 g/mol. The van der Waals surface area contributed by atoms with Crippen molar-refractivity contribution in [1.82, 2.24) is 0 Å². The highest BCUT2D eigenvalue weighted by Gasteiger charge is 2.21. The lowest BCUT2D eigenvalue weighted by molar-refractivity contribution is -0.131. The van der Waals surface area contributed by atoms with E-state index in [4.69, 9.17) is 9.84 Å². The average Bonchev–Trinajstić information content (AvgIpc) is 2.65. The number of ketones is 1. The maximum absolute atomic E-state index is 13.0. The van der Waals surface area contributed by atoms with E-state index in [0.717, 1.165) is 18.1 Å². The summed E-state index contributed by atoms with van der Waals surface area (Å²) < 4.78 is 5.36. The predicted octanol–water partition coefficient (Wildman–Crippen LogP) is 4.98. The molecule has 142 valence electrons. The highest BCUT2D eigenvalue weighted by Crippen LogP contribution is 2.28. The number of carboxylic acid groups (broad SMARTS) is 1. The molecule has 2 rings (SSSR count). The Bertz CT molecular complexity index is 832. The van der Waals surface area contributed by atoms with Gasteiger partial charge in [-0.25, -0.2) is 4.79 Å². The van der Waals surface area contributed by atoms with E-state index in [1.54, 1.807) is 18.2 Å². The summed E-state index contributed by atoms with van der Waals surface area (Å²) in [5.41, 5.74) is 3.38. The Morgan fingerprint density at radius 3 is 2.30 bits per heavy atom. The smallest absolute Gasteiger partial charge is 0.328 e. The van der Waals surface area contributed by atoms with Gasteiger partial charge < -0.3 is 9.84 Å². The topological polar surface area (TPSA) is 63.6 Å². The molecule has 0 radical (unpaired) electrons. The van der Waals surface area contributed by atoms with Gasteiger partial charge in [0, 0.05) is 12.0 Å². The molecule has 0 saturated heterocycles. The molecule has 0 amide bonds. The molecule has 0 aliphatic heterocycles. The van der Waals surface area contributed by atoms with Crippen LogP contribution in [0.3, 0.4) is 0 Å². The molecule has 2 aromatic carbocycles. The minimum absolute atomic E-state index is 0.0303. The molecule has 2 aromatic rings. The quantitative estimate of drug-likeness (QED) is 0.529. The molecule has 0 aromatic heterocycles. The van der Waals surface area contributed by atoms with Crippen molar-refractivity contribution in [3.8, 4) is 5.75 Å². The third-order valence-electron chi connectivity index (χ3n) is 4.43. The summed E-state index contributed by atoms with van der Waals surface area (Å²) in [7, 11) is 1.50. The molecule has 1 N–H and O–H groups in total. The molecule has 0 heterocycles. The molecule has 0 spiro atoms. The number of hydrogen-bond donors (Lipinski definition) is 1. The van der Waals surface area contributed by atoms with Crippen LogP contribution in [0, 0.1) is 5.92 Å². The van der Waals surface area contributed by atoms with Gasteiger partial charge in [-0.3, -0.25) is 4.79 Å². The first-order valence-corrected chi connectivity index (χ1v) is 9.04. The Morgan fingerprint density at radius 2 is 1.74 bits per heavy atom. The Kier molecular flexibility index (Phi) is 6.94. The van der Waals surface area contributed by atoms with Crippen LogP contribution < -0.4 is 4.74 Å². The van der Waals surface area contributed by atoms with E-state index in [1.807, 2.05) is 19.1 Å². The van der Waals surface area contributed by atoms with Gasteiger partial charge in [0.2, 0.25) is 0 Å². The van der Waals surface area contributed by atoms with Gasteiger partial charge in [0.05, 0.1) is 12.7 Å². The van der Waals surface area contributed by atoms with Crippen molar-refractivity contribution in [2.24, 2.45) is 5.92 Å². The summed E-state index contributed by atoms with van der Waals surface area (Å²) in [6.45, 7) is 6.25. The zero-order valence-corrected chi connectivity index (χ0v) is 16.2. The van der Waals surface area contributed by atoms with Crippen LogP contribution in [-0.4, -0.2) is 24.0 Å². The first-order chi connectivity index (χ1) is 12.8. The molecule has 1 atom stereocenters. The van der Waals surface area contributed by atoms with Crippen molar-refractivity contribution in [2.45, 2.75) is 33.1 Å². The molecule has 0 bridgehead atoms. The summed E-state index contributed by atoms with van der Waals surface area (Å²) >= 11 is 0. The van der Waals surface area contributed by atoms with Crippen molar-refractivity contribution in [2.75, 3.05) is 7.11 Å². The normalized spacial score (nSPS) is 12.3. The molecule has 4 nitrogen and oxygen atoms in total. The number of hydrogen-bond acceptors (Lipinski definition) is 3. The molecule has 0 aliphatic carbocycles. The van der Waals surface area contributed by atoms with Gasteiger partial charge in [0.1, 0.15) is 5.75 Å². The zero-order chi connectivity index (χ0) is 20.0. The zero-order valence-electron chi connectivity index (χ0n) is 16.2. The number of rotatable bonds is 8. The molecule has 0 aliphatic rings. The Hall–Kier alpha value is -2.88. The van der Waals surface area contributed by atoms with E-state index in [1.165, 1.54) is 18.7 Å². The van der Waals surface area contributed by atoms with Crippen molar-refractivity contribution in [1.29, 1.82) is 0 Å². The van der Waals surface area contributed by atoms with Crippen molar-refractivity contribution in [3.05, 3.63) is 70.8 Å². The number of ether oxygens (including phenoxy) is 1. The van der Waals surface area contributed by atoms with Crippen molar-refractivity contribution >= 4 is 17.8 Å². The maximum Gasteiger partial charge on any atom is 0.328 e. The molecule has 1 unspecified atom stereocenters. The summed E-state index contributed by atoms with van der Waals surface area (Å²) in [6, 6.07) is 13.3. The van der Waals surface area contributed by atoms with Crippen molar-refractivity contribution < 1.29 is 19.4 Å². The number of carbonyl (C=O) groups is 2. The minimum Gasteiger partial charge on any atom is -0.496 e. The predicted molar refractivity (Wildman–Crippen MR) is 107 cm³/mol. The lowest BCUT2D eigenvalue weighted by atomic mass is 9.90. The van der Waals surface area contributed by atoms with E-state index in [9.17, 15) is 9.59 Å². The van der Waals surface area contributed by atoms with Crippen LogP contribution in [0.2, 0.25) is 0 Å². The third kappa shape index (κ3) is 5.55. The van der Waals surface area contributed by atoms with E-state index in [0.29, 0.717) is 22.8 Å². The lowest BCUT2D eigenvalue weighted by Crippen LogP contribution is -2.11. The number of methoxy groups -OCH3 is 1. The number of aliphatic carboxylic acids is 1. The second-order valence-corrected chi connectivity index (χ2v) is 7.06. The van der Waals surface area contributed by atoms with Gasteiger partial charge in [-0.1, -0.05) is 51.1 Å². The third-order valence-corrected chi connectivity index (χ3v) is 4.43. The van der Waals surface area contributed by atoms with Crippen molar-refractivity contribution in [3.63, 3.8) is 0 Å². The van der Waals surface area contributed by atoms with E-state index >= 15 is 0 Å². The first kappa shape index (κ1) is 20.4. The molecule has 4 heteroatoms. The average molecular weight is 366 g/mol. The number of Topliss-reactive ketones (excluding diaryl/α,β-unsaturated/α-hetero) is 1. The fraction of sp³-hybridized carbons (Fsp3) is 0.304. The summed E-state index contributed by atoms with van der Waals surface area (Å²) in [5, 5.41) is 8.74. The standard InChI is InChI=1S/C23H26O4/c1-15(2)13-17-5-9-19(10-6-17)16(3)23(26)20-11-7-18(8-12-22(24)25)14-21(20)27-4/h5-12,14-16H,13H2,1-4H3,(H,24,25)/b12-8+. The summed E-state index contributed by atoms with van der Waals surface area (Å²) in [5.74, 6) is -0.322. The molecular weight excluding hydrogens is 340 g/mol. The van der Waals surface area contributed by atoms with E-state index in [-0.39, 0.29) is 11.7 Å². The second-order valence-electron chi connectivity index (χ2n) is 7.06. The van der Waals surface area contributed by atoms with Crippen LogP contribution in [0.1, 0.15) is 53.7 Å². The van der Waals surface area contributed by atoms with Crippen LogP contribution in [0.25, 0.3) is 6.08 Å². The summed E-state index contributed by atoms with van der Waals surface area (Å²) in [6.07, 6.45) is 3.54. The Balaban J connectivity index is 2.24. The summed E-state index contributed by atoms with van der Waals surface area (Å²) in [4.78, 5) is 23.6. The fourth-order valence-corrected chi connectivity index (χ4v) is 2.98.